The summed E-state index contributed by atoms with van der Waals surface area (Å²) in [4.78, 5) is 26.0. The lowest BCUT2D eigenvalue weighted by atomic mass is 9.97. The maximum Gasteiger partial charge on any atom is 0.248 e. The highest BCUT2D eigenvalue weighted by Crippen LogP contribution is 2.25. The summed E-state index contributed by atoms with van der Waals surface area (Å²) in [6.45, 7) is 7.23. The first-order valence-electron chi connectivity index (χ1n) is 6.46. The molecule has 0 radical (unpaired) electrons. The van der Waals surface area contributed by atoms with Gasteiger partial charge in [0.2, 0.25) is 11.8 Å². The molecule has 1 fully saturated rings. The number of carbonyl (C=O) groups is 2. The summed E-state index contributed by atoms with van der Waals surface area (Å²) >= 11 is 6.20. The first kappa shape index (κ1) is 14.8. The van der Waals surface area contributed by atoms with E-state index in [1.54, 1.807) is 37.4 Å². The number of amides is 2. The third-order valence-electron chi connectivity index (χ3n) is 3.68. The first-order valence-corrected chi connectivity index (χ1v) is 6.84. The second-order valence-electron chi connectivity index (χ2n) is 5.70. The lowest BCUT2D eigenvalue weighted by molar-refractivity contribution is -0.153. The highest BCUT2D eigenvalue weighted by molar-refractivity contribution is 6.30. The van der Waals surface area contributed by atoms with Gasteiger partial charge in [-0.1, -0.05) is 11.6 Å². The van der Waals surface area contributed by atoms with Gasteiger partial charge in [-0.15, -0.1) is 0 Å². The normalized spacial score (nSPS) is 22.1. The lowest BCUT2D eigenvalue weighted by Crippen LogP contribution is -2.67. The molecule has 2 heterocycles. The molecule has 1 N–H and O–H groups in total. The van der Waals surface area contributed by atoms with Crippen LogP contribution in [0, 0.1) is 6.92 Å². The second kappa shape index (κ2) is 4.77. The van der Waals surface area contributed by atoms with E-state index in [2.05, 4.69) is 10.4 Å². The van der Waals surface area contributed by atoms with Crippen molar-refractivity contribution in [3.8, 4) is 0 Å². The van der Waals surface area contributed by atoms with Gasteiger partial charge in [0, 0.05) is 12.6 Å². The van der Waals surface area contributed by atoms with Gasteiger partial charge in [0.15, 0.2) is 0 Å². The topological polar surface area (TPSA) is 67.2 Å². The van der Waals surface area contributed by atoms with E-state index in [0.29, 0.717) is 5.15 Å². The number of nitrogens with one attached hydrogen (secondary N) is 1. The van der Waals surface area contributed by atoms with Gasteiger partial charge in [-0.25, -0.2) is 0 Å². The van der Waals surface area contributed by atoms with E-state index in [0.717, 1.165) is 11.3 Å². The van der Waals surface area contributed by atoms with Gasteiger partial charge in [-0.2, -0.15) is 5.10 Å². The van der Waals surface area contributed by atoms with Crippen molar-refractivity contribution < 1.29 is 9.59 Å². The van der Waals surface area contributed by atoms with Gasteiger partial charge in [0.05, 0.1) is 12.2 Å². The maximum absolute atomic E-state index is 12.5. The Morgan fingerprint density at radius 3 is 2.50 bits per heavy atom. The molecule has 6 nitrogen and oxygen atoms in total. The Morgan fingerprint density at radius 1 is 1.40 bits per heavy atom. The number of carbonyl (C=O) groups excluding carboxylic acids is 2. The third kappa shape index (κ3) is 2.28. The van der Waals surface area contributed by atoms with Crippen LogP contribution >= 0.6 is 11.6 Å². The van der Waals surface area contributed by atoms with Crippen molar-refractivity contribution in [1.82, 2.24) is 20.0 Å². The molecule has 0 aromatic carbocycles. The van der Waals surface area contributed by atoms with Crippen LogP contribution in [0.4, 0.5) is 0 Å². The quantitative estimate of drug-likeness (QED) is 0.886. The summed E-state index contributed by atoms with van der Waals surface area (Å²) in [5.74, 6) is -0.281. The number of rotatable bonds is 2. The Labute approximate surface area is 123 Å². The molecule has 2 rings (SSSR count). The van der Waals surface area contributed by atoms with E-state index in [4.69, 9.17) is 11.6 Å². The molecule has 1 aliphatic rings. The minimum Gasteiger partial charge on any atom is -0.340 e. The molecule has 110 valence electrons. The van der Waals surface area contributed by atoms with Crippen LogP contribution in [-0.4, -0.2) is 38.1 Å². The fourth-order valence-electron chi connectivity index (χ4n) is 2.37. The SMILES string of the molecule is Cc1nn(C)c(Cl)c1CN1C(=O)C(C)(C)NC(=O)C1C. The largest absolute Gasteiger partial charge is 0.340 e. The second-order valence-corrected chi connectivity index (χ2v) is 6.06. The van der Waals surface area contributed by atoms with Crippen LogP contribution in [0.1, 0.15) is 32.0 Å². The monoisotopic (exact) mass is 298 g/mol. The fraction of sp³-hybridized carbons (Fsp3) is 0.615. The van der Waals surface area contributed by atoms with Gasteiger partial charge in [0.25, 0.3) is 0 Å². The molecule has 0 spiro atoms. The average molecular weight is 299 g/mol. The zero-order chi connectivity index (χ0) is 15.2. The number of aryl methyl sites for hydroxylation is 2. The smallest absolute Gasteiger partial charge is 0.248 e. The Balaban J connectivity index is 2.35. The summed E-state index contributed by atoms with van der Waals surface area (Å²) < 4.78 is 1.57. The molecule has 1 unspecified atom stereocenters. The molecule has 0 aliphatic carbocycles. The summed E-state index contributed by atoms with van der Waals surface area (Å²) in [6, 6.07) is -0.522. The number of halogens is 1. The molecule has 20 heavy (non-hydrogen) atoms. The predicted octanol–water partition coefficient (Wildman–Crippen LogP) is 1.01. The summed E-state index contributed by atoms with van der Waals surface area (Å²) in [5, 5.41) is 7.44. The van der Waals surface area contributed by atoms with E-state index < -0.39 is 11.6 Å². The van der Waals surface area contributed by atoms with Crippen molar-refractivity contribution in [1.29, 1.82) is 0 Å². The van der Waals surface area contributed by atoms with Crippen molar-refractivity contribution in [2.24, 2.45) is 7.05 Å². The number of hydrogen-bond acceptors (Lipinski definition) is 3. The molecule has 1 aromatic rings. The molecule has 0 saturated carbocycles. The zero-order valence-corrected chi connectivity index (χ0v) is 13.1. The zero-order valence-electron chi connectivity index (χ0n) is 12.3. The molecule has 1 saturated heterocycles. The molecule has 2 amide bonds. The minimum atomic E-state index is -0.897. The average Bonchev–Trinajstić information content (AvgIpc) is 2.57. The number of hydrogen-bond donors (Lipinski definition) is 1. The Morgan fingerprint density at radius 2 is 2.00 bits per heavy atom. The van der Waals surface area contributed by atoms with Crippen molar-refractivity contribution in [3.63, 3.8) is 0 Å². The van der Waals surface area contributed by atoms with E-state index in [1.807, 2.05) is 6.92 Å². The van der Waals surface area contributed by atoms with E-state index in [9.17, 15) is 9.59 Å². The predicted molar refractivity (Wildman–Crippen MR) is 75.2 cm³/mol. The van der Waals surface area contributed by atoms with Crippen LogP contribution in [0.2, 0.25) is 5.15 Å². The molecule has 1 aromatic heterocycles. The van der Waals surface area contributed by atoms with Crippen LogP contribution < -0.4 is 5.32 Å². The van der Waals surface area contributed by atoms with Crippen molar-refractivity contribution in [2.45, 2.75) is 45.8 Å². The van der Waals surface area contributed by atoms with Gasteiger partial charge in [-0.05, 0) is 27.7 Å². The molecule has 1 atom stereocenters. The molecular formula is C13H19ClN4O2. The van der Waals surface area contributed by atoms with Crippen LogP contribution in [0.15, 0.2) is 0 Å². The molecule has 7 heteroatoms. The van der Waals surface area contributed by atoms with Gasteiger partial charge >= 0.3 is 0 Å². The standard InChI is InChI=1S/C13H19ClN4O2/c1-7-9(10(14)17(5)16-7)6-18-8(2)11(19)15-13(3,4)12(18)20/h8H,6H2,1-5H3,(H,15,19). The summed E-state index contributed by atoms with van der Waals surface area (Å²) in [5.41, 5.74) is 0.646. The highest BCUT2D eigenvalue weighted by Gasteiger charge is 2.43. The fourth-order valence-corrected chi connectivity index (χ4v) is 2.61. The van der Waals surface area contributed by atoms with Crippen molar-refractivity contribution in [3.05, 3.63) is 16.4 Å². The number of piperazine rings is 1. The Bertz CT molecular complexity index is 579. The Kier molecular flexibility index (Phi) is 3.54. The third-order valence-corrected chi connectivity index (χ3v) is 4.15. The number of aromatic nitrogens is 2. The minimum absolute atomic E-state index is 0.121. The number of nitrogens with zero attached hydrogens (tertiary/aromatic N) is 3. The van der Waals surface area contributed by atoms with E-state index in [-0.39, 0.29) is 18.4 Å². The van der Waals surface area contributed by atoms with Gasteiger partial charge in [0.1, 0.15) is 16.7 Å². The lowest BCUT2D eigenvalue weighted by Gasteiger charge is -2.41. The summed E-state index contributed by atoms with van der Waals surface area (Å²) in [7, 11) is 1.75. The summed E-state index contributed by atoms with van der Waals surface area (Å²) in [6.07, 6.45) is 0. The molecule has 1 aliphatic heterocycles. The maximum atomic E-state index is 12.5. The van der Waals surface area contributed by atoms with Crippen LogP contribution in [0.25, 0.3) is 0 Å². The van der Waals surface area contributed by atoms with Crippen LogP contribution in [0.5, 0.6) is 0 Å². The van der Waals surface area contributed by atoms with Crippen LogP contribution in [0.3, 0.4) is 0 Å². The van der Waals surface area contributed by atoms with Gasteiger partial charge in [-0.3, -0.25) is 14.3 Å². The van der Waals surface area contributed by atoms with E-state index in [1.165, 1.54) is 0 Å². The molecular weight excluding hydrogens is 280 g/mol. The van der Waals surface area contributed by atoms with Crippen molar-refractivity contribution >= 4 is 23.4 Å². The Hall–Kier alpha value is -1.56. The van der Waals surface area contributed by atoms with E-state index >= 15 is 0 Å². The van der Waals surface area contributed by atoms with Crippen molar-refractivity contribution in [2.75, 3.05) is 0 Å². The molecule has 0 bridgehead atoms. The first-order chi connectivity index (χ1) is 9.15. The highest BCUT2D eigenvalue weighted by atomic mass is 35.5. The van der Waals surface area contributed by atoms with Gasteiger partial charge < -0.3 is 10.2 Å². The van der Waals surface area contributed by atoms with Crippen LogP contribution in [-0.2, 0) is 23.2 Å².